The van der Waals surface area contributed by atoms with Gasteiger partial charge in [-0.25, -0.2) is 0 Å². The van der Waals surface area contributed by atoms with Crippen molar-refractivity contribution in [1.29, 1.82) is 5.26 Å². The van der Waals surface area contributed by atoms with Crippen LogP contribution in [0.25, 0.3) is 0 Å². The summed E-state index contributed by atoms with van der Waals surface area (Å²) >= 11 is 0. The number of aromatic nitrogens is 2. The van der Waals surface area contributed by atoms with Gasteiger partial charge in [0.15, 0.2) is 23.0 Å². The van der Waals surface area contributed by atoms with Gasteiger partial charge in [0, 0.05) is 18.9 Å². The Hall–Kier alpha value is -4.92. The molecule has 12 heteroatoms. The van der Waals surface area contributed by atoms with Gasteiger partial charge in [0.2, 0.25) is 17.6 Å². The Bertz CT molecular complexity index is 1490. The lowest BCUT2D eigenvalue weighted by molar-refractivity contribution is -0.119. The minimum Gasteiger partial charge on any atom is -0.493 e. The molecule has 39 heavy (non-hydrogen) atoms. The number of aromatic amines is 1. The van der Waals surface area contributed by atoms with Crippen LogP contribution in [-0.4, -0.2) is 50.4 Å². The van der Waals surface area contributed by atoms with E-state index >= 15 is 0 Å². The van der Waals surface area contributed by atoms with Crippen molar-refractivity contribution in [2.75, 3.05) is 45.2 Å². The number of anilines is 2. The summed E-state index contributed by atoms with van der Waals surface area (Å²) in [7, 11) is 4.39. The largest absolute Gasteiger partial charge is 0.493 e. The SMILES string of the molecule is COc1cc(C2c3c(nc(NCc4ccc5c(c4)OCCCO5)[nH]c3=O)NC(=O)C2C#N)cc(OC)c1OC. The van der Waals surface area contributed by atoms with E-state index in [0.717, 1.165) is 12.0 Å². The molecular formula is C27H27N5O7. The smallest absolute Gasteiger partial charge is 0.258 e. The Balaban J connectivity index is 1.49. The van der Waals surface area contributed by atoms with Gasteiger partial charge < -0.3 is 34.3 Å². The van der Waals surface area contributed by atoms with Crippen molar-refractivity contribution in [3.63, 3.8) is 0 Å². The molecule has 0 bridgehead atoms. The van der Waals surface area contributed by atoms with Crippen LogP contribution < -0.4 is 39.9 Å². The van der Waals surface area contributed by atoms with Crippen LogP contribution in [0.15, 0.2) is 35.1 Å². The maximum Gasteiger partial charge on any atom is 0.258 e. The van der Waals surface area contributed by atoms with Crippen LogP contribution in [0, 0.1) is 17.2 Å². The molecule has 0 radical (unpaired) electrons. The van der Waals surface area contributed by atoms with Crippen LogP contribution in [0.3, 0.4) is 0 Å². The predicted molar refractivity (Wildman–Crippen MR) is 140 cm³/mol. The summed E-state index contributed by atoms with van der Waals surface area (Å²) in [5.74, 6) is -0.132. The predicted octanol–water partition coefficient (Wildman–Crippen LogP) is 2.79. The van der Waals surface area contributed by atoms with Gasteiger partial charge >= 0.3 is 0 Å². The molecule has 2 unspecified atom stereocenters. The van der Waals surface area contributed by atoms with Crippen molar-refractivity contribution in [3.8, 4) is 34.8 Å². The molecule has 12 nitrogen and oxygen atoms in total. The van der Waals surface area contributed by atoms with Gasteiger partial charge in [-0.1, -0.05) is 6.07 Å². The number of hydrogen-bond donors (Lipinski definition) is 3. The fraction of sp³-hybridized carbons (Fsp3) is 0.333. The number of benzene rings is 2. The Labute approximate surface area is 223 Å². The van der Waals surface area contributed by atoms with Crippen LogP contribution in [0.2, 0.25) is 0 Å². The minimum absolute atomic E-state index is 0.0650. The molecule has 0 fully saturated rings. The molecule has 2 aliphatic heterocycles. The van der Waals surface area contributed by atoms with Gasteiger partial charge in [0.1, 0.15) is 11.7 Å². The normalized spacial score (nSPS) is 17.6. The minimum atomic E-state index is -1.19. The molecule has 2 aliphatic rings. The topological polar surface area (TPSA) is 157 Å². The average Bonchev–Trinajstić information content (AvgIpc) is 3.19. The zero-order valence-corrected chi connectivity index (χ0v) is 21.6. The summed E-state index contributed by atoms with van der Waals surface area (Å²) in [6, 6.07) is 10.8. The first kappa shape index (κ1) is 25.7. The molecule has 2 aromatic carbocycles. The average molecular weight is 534 g/mol. The number of ether oxygens (including phenoxy) is 5. The first-order valence-corrected chi connectivity index (χ1v) is 12.2. The lowest BCUT2D eigenvalue weighted by atomic mass is 9.79. The summed E-state index contributed by atoms with van der Waals surface area (Å²) < 4.78 is 27.7. The third kappa shape index (κ3) is 4.86. The zero-order valence-electron chi connectivity index (χ0n) is 21.6. The van der Waals surface area contributed by atoms with Gasteiger partial charge in [-0.3, -0.25) is 14.6 Å². The molecule has 202 valence electrons. The highest BCUT2D eigenvalue weighted by molar-refractivity contribution is 5.98. The lowest BCUT2D eigenvalue weighted by Gasteiger charge is -2.29. The molecule has 3 aromatic rings. The van der Waals surface area contributed by atoms with Gasteiger partial charge in [-0.15, -0.1) is 0 Å². The van der Waals surface area contributed by atoms with E-state index in [1.54, 1.807) is 12.1 Å². The van der Waals surface area contributed by atoms with Crippen LogP contribution in [-0.2, 0) is 11.3 Å². The monoisotopic (exact) mass is 533 g/mol. The summed E-state index contributed by atoms with van der Waals surface area (Å²) in [4.78, 5) is 33.5. The molecule has 0 saturated carbocycles. The maximum absolute atomic E-state index is 13.4. The number of nitriles is 1. The second kappa shape index (κ2) is 10.8. The van der Waals surface area contributed by atoms with Crippen molar-refractivity contribution >= 4 is 17.7 Å². The molecule has 0 saturated heterocycles. The van der Waals surface area contributed by atoms with E-state index in [4.69, 9.17) is 23.7 Å². The molecule has 0 aliphatic carbocycles. The van der Waals surface area contributed by atoms with E-state index < -0.39 is 23.3 Å². The summed E-state index contributed by atoms with van der Waals surface area (Å²) in [6.07, 6.45) is 0.804. The second-order valence-electron chi connectivity index (χ2n) is 8.89. The molecule has 1 amide bonds. The van der Waals surface area contributed by atoms with E-state index in [1.165, 1.54) is 21.3 Å². The van der Waals surface area contributed by atoms with Crippen molar-refractivity contribution in [1.82, 2.24) is 9.97 Å². The van der Waals surface area contributed by atoms with Crippen molar-refractivity contribution in [3.05, 3.63) is 57.4 Å². The number of rotatable bonds is 7. The highest BCUT2D eigenvalue weighted by Crippen LogP contribution is 2.45. The number of methoxy groups -OCH3 is 3. The number of amides is 1. The lowest BCUT2D eigenvalue weighted by Crippen LogP contribution is -2.38. The highest BCUT2D eigenvalue weighted by atomic mass is 16.5. The van der Waals surface area contributed by atoms with E-state index in [-0.39, 0.29) is 17.3 Å². The molecule has 0 spiro atoms. The third-order valence-electron chi connectivity index (χ3n) is 6.58. The highest BCUT2D eigenvalue weighted by Gasteiger charge is 2.41. The quantitative estimate of drug-likeness (QED) is 0.413. The number of nitrogens with one attached hydrogen (secondary N) is 3. The van der Waals surface area contributed by atoms with Crippen molar-refractivity contribution in [2.24, 2.45) is 5.92 Å². The van der Waals surface area contributed by atoms with E-state index in [1.807, 2.05) is 24.3 Å². The van der Waals surface area contributed by atoms with Gasteiger partial charge in [0.05, 0.1) is 46.2 Å². The Morgan fingerprint density at radius 2 is 1.77 bits per heavy atom. The van der Waals surface area contributed by atoms with Crippen LogP contribution in [0.4, 0.5) is 11.8 Å². The number of H-pyrrole nitrogens is 1. The van der Waals surface area contributed by atoms with E-state index in [0.29, 0.717) is 54.1 Å². The first-order chi connectivity index (χ1) is 19.0. The molecule has 3 heterocycles. The molecule has 2 atom stereocenters. The Morgan fingerprint density at radius 1 is 1.05 bits per heavy atom. The Kier molecular flexibility index (Phi) is 7.14. The van der Waals surface area contributed by atoms with E-state index in [2.05, 4.69) is 20.6 Å². The number of carbonyl (C=O) groups is 1. The fourth-order valence-corrected chi connectivity index (χ4v) is 4.74. The van der Waals surface area contributed by atoms with Gasteiger partial charge in [0.25, 0.3) is 5.56 Å². The summed E-state index contributed by atoms with van der Waals surface area (Å²) in [6.45, 7) is 1.49. The summed E-state index contributed by atoms with van der Waals surface area (Å²) in [5.41, 5.74) is 0.993. The van der Waals surface area contributed by atoms with E-state index in [9.17, 15) is 14.9 Å². The standard InChI is InChI=1S/C27H27N5O7/c1-35-19-10-15(11-20(36-2)23(19)37-3)21-16(12-28)25(33)30-24-22(21)26(34)32-27(31-24)29-13-14-5-6-17-18(9-14)39-8-4-7-38-17/h5-6,9-11,16,21H,4,7-8,13H2,1-3H3,(H3,29,30,31,32,33,34). The first-order valence-electron chi connectivity index (χ1n) is 12.2. The maximum atomic E-state index is 13.4. The third-order valence-corrected chi connectivity index (χ3v) is 6.58. The van der Waals surface area contributed by atoms with Gasteiger partial charge in [-0.05, 0) is 35.4 Å². The molecule has 3 N–H and O–H groups in total. The van der Waals surface area contributed by atoms with Crippen LogP contribution in [0.1, 0.15) is 29.0 Å². The number of fused-ring (bicyclic) bond motifs is 2. The second-order valence-corrected chi connectivity index (χ2v) is 8.89. The van der Waals surface area contributed by atoms with Crippen molar-refractivity contribution < 1.29 is 28.5 Å². The molecule has 5 rings (SSSR count). The zero-order chi connectivity index (χ0) is 27.5. The number of hydrogen-bond acceptors (Lipinski definition) is 10. The molecule has 1 aromatic heterocycles. The Morgan fingerprint density at radius 3 is 2.44 bits per heavy atom. The van der Waals surface area contributed by atoms with Crippen LogP contribution in [0.5, 0.6) is 28.7 Å². The van der Waals surface area contributed by atoms with Gasteiger partial charge in [-0.2, -0.15) is 10.2 Å². The van der Waals surface area contributed by atoms with Crippen LogP contribution >= 0.6 is 0 Å². The summed E-state index contributed by atoms with van der Waals surface area (Å²) in [5, 5.41) is 15.6. The number of carbonyl (C=O) groups excluding carboxylic acids is 1. The van der Waals surface area contributed by atoms with Crippen molar-refractivity contribution in [2.45, 2.75) is 18.9 Å². The molecular weight excluding hydrogens is 506 g/mol. The fourth-order valence-electron chi connectivity index (χ4n) is 4.74. The number of nitrogens with zero attached hydrogens (tertiary/aromatic N) is 2.